The van der Waals surface area contributed by atoms with Crippen LogP contribution in [0.25, 0.3) is 0 Å². The maximum atomic E-state index is 4.47. The molecule has 0 aliphatic carbocycles. The Balaban J connectivity index is 1.93. The van der Waals surface area contributed by atoms with Gasteiger partial charge in [-0.05, 0) is 39.3 Å². The Morgan fingerprint density at radius 2 is 2.44 bits per heavy atom. The Kier molecular flexibility index (Phi) is 5.60. The minimum Gasteiger partial charge on any atom is -0.313 e. The highest BCUT2D eigenvalue weighted by atomic mass is 32.1. The van der Waals surface area contributed by atoms with E-state index in [9.17, 15) is 0 Å². The Morgan fingerprint density at radius 1 is 1.56 bits per heavy atom. The van der Waals surface area contributed by atoms with Crippen molar-refractivity contribution in [3.8, 4) is 0 Å². The number of aromatic nitrogens is 1. The van der Waals surface area contributed by atoms with E-state index >= 15 is 0 Å². The summed E-state index contributed by atoms with van der Waals surface area (Å²) in [6.45, 7) is 8.06. The molecular formula is C14H25N3S. The molecule has 102 valence electrons. The standard InChI is InChI=1S/C14H25N3S/c1-3-8-17(9-13-6-4-5-7-15-13)12(2)14-10-18-11-16-14/h10-13,15H,3-9H2,1-2H3. The number of thiazole rings is 1. The third kappa shape index (κ3) is 3.77. The van der Waals surface area contributed by atoms with Crippen LogP contribution < -0.4 is 5.32 Å². The molecule has 3 nitrogen and oxygen atoms in total. The minimum absolute atomic E-state index is 0.444. The summed E-state index contributed by atoms with van der Waals surface area (Å²) in [4.78, 5) is 7.05. The monoisotopic (exact) mass is 267 g/mol. The van der Waals surface area contributed by atoms with Gasteiger partial charge in [0.2, 0.25) is 0 Å². The lowest BCUT2D eigenvalue weighted by molar-refractivity contribution is 0.174. The lowest BCUT2D eigenvalue weighted by atomic mass is 10.0. The van der Waals surface area contributed by atoms with Crippen LogP contribution in [0.2, 0.25) is 0 Å². The smallest absolute Gasteiger partial charge is 0.0795 e. The van der Waals surface area contributed by atoms with Crippen molar-refractivity contribution in [2.75, 3.05) is 19.6 Å². The van der Waals surface area contributed by atoms with Crippen molar-refractivity contribution in [2.24, 2.45) is 0 Å². The molecule has 4 heteroatoms. The van der Waals surface area contributed by atoms with Gasteiger partial charge in [-0.15, -0.1) is 11.3 Å². The molecule has 2 atom stereocenters. The van der Waals surface area contributed by atoms with Crippen LogP contribution in [0, 0.1) is 0 Å². The summed E-state index contributed by atoms with van der Waals surface area (Å²) in [6.07, 6.45) is 5.25. The van der Waals surface area contributed by atoms with E-state index in [0.717, 1.165) is 13.1 Å². The summed E-state index contributed by atoms with van der Waals surface area (Å²) in [7, 11) is 0. The molecule has 1 N–H and O–H groups in total. The lowest BCUT2D eigenvalue weighted by Gasteiger charge is -2.33. The van der Waals surface area contributed by atoms with Crippen LogP contribution in [0.1, 0.15) is 51.3 Å². The van der Waals surface area contributed by atoms with Crippen LogP contribution in [-0.2, 0) is 0 Å². The SMILES string of the molecule is CCCN(CC1CCCCN1)C(C)c1cscn1. The average Bonchev–Trinajstić information content (AvgIpc) is 2.92. The molecule has 0 amide bonds. The third-order valence-electron chi connectivity index (χ3n) is 3.81. The van der Waals surface area contributed by atoms with E-state index in [0.29, 0.717) is 12.1 Å². The first-order chi connectivity index (χ1) is 8.81. The Labute approximate surface area is 115 Å². The molecule has 1 aliphatic rings. The number of nitrogens with zero attached hydrogens (tertiary/aromatic N) is 2. The van der Waals surface area contributed by atoms with Crippen molar-refractivity contribution in [3.63, 3.8) is 0 Å². The molecule has 1 aliphatic heterocycles. The minimum atomic E-state index is 0.444. The van der Waals surface area contributed by atoms with Crippen molar-refractivity contribution >= 4 is 11.3 Å². The van der Waals surface area contributed by atoms with Gasteiger partial charge in [0.05, 0.1) is 17.2 Å². The summed E-state index contributed by atoms with van der Waals surface area (Å²) in [5.41, 5.74) is 3.17. The predicted molar refractivity (Wildman–Crippen MR) is 78.0 cm³/mol. The molecular weight excluding hydrogens is 242 g/mol. The summed E-state index contributed by atoms with van der Waals surface area (Å²) in [5, 5.41) is 5.83. The molecule has 2 rings (SSSR count). The van der Waals surface area contributed by atoms with Crippen molar-refractivity contribution in [1.29, 1.82) is 0 Å². The maximum absolute atomic E-state index is 4.47. The van der Waals surface area contributed by atoms with Gasteiger partial charge in [0.1, 0.15) is 0 Å². The zero-order chi connectivity index (χ0) is 12.8. The average molecular weight is 267 g/mol. The van der Waals surface area contributed by atoms with E-state index in [1.165, 1.54) is 37.9 Å². The summed E-state index contributed by atoms with van der Waals surface area (Å²) < 4.78 is 0. The highest BCUT2D eigenvalue weighted by Gasteiger charge is 2.21. The lowest BCUT2D eigenvalue weighted by Crippen LogP contribution is -2.44. The topological polar surface area (TPSA) is 28.2 Å². The highest BCUT2D eigenvalue weighted by Crippen LogP contribution is 2.21. The van der Waals surface area contributed by atoms with Gasteiger partial charge in [0, 0.05) is 18.0 Å². The second-order valence-corrected chi connectivity index (χ2v) is 5.95. The molecule has 1 aromatic heterocycles. The van der Waals surface area contributed by atoms with Crippen molar-refractivity contribution in [1.82, 2.24) is 15.2 Å². The molecule has 0 radical (unpaired) electrons. The molecule has 2 heterocycles. The fourth-order valence-corrected chi connectivity index (χ4v) is 3.35. The van der Waals surface area contributed by atoms with Crippen LogP contribution in [0.5, 0.6) is 0 Å². The predicted octanol–water partition coefficient (Wildman–Crippen LogP) is 3.06. The van der Waals surface area contributed by atoms with Gasteiger partial charge in [-0.1, -0.05) is 13.3 Å². The summed E-state index contributed by atoms with van der Waals surface area (Å²) in [5.74, 6) is 0. The Morgan fingerprint density at radius 3 is 3.06 bits per heavy atom. The Bertz CT molecular complexity index is 320. The van der Waals surface area contributed by atoms with E-state index in [4.69, 9.17) is 0 Å². The molecule has 0 saturated carbocycles. The third-order valence-corrected chi connectivity index (χ3v) is 4.41. The zero-order valence-corrected chi connectivity index (χ0v) is 12.4. The summed E-state index contributed by atoms with van der Waals surface area (Å²) in [6, 6.07) is 1.12. The second-order valence-electron chi connectivity index (χ2n) is 5.23. The van der Waals surface area contributed by atoms with Crippen LogP contribution in [0.15, 0.2) is 10.9 Å². The van der Waals surface area contributed by atoms with Crippen LogP contribution in [0.4, 0.5) is 0 Å². The second kappa shape index (κ2) is 7.22. The number of hydrogen-bond acceptors (Lipinski definition) is 4. The van der Waals surface area contributed by atoms with E-state index < -0.39 is 0 Å². The number of hydrogen-bond donors (Lipinski definition) is 1. The van der Waals surface area contributed by atoms with Crippen molar-refractivity contribution < 1.29 is 0 Å². The fourth-order valence-electron chi connectivity index (χ4n) is 2.71. The first-order valence-electron chi connectivity index (χ1n) is 7.16. The van der Waals surface area contributed by atoms with E-state index in [-0.39, 0.29) is 0 Å². The van der Waals surface area contributed by atoms with Crippen molar-refractivity contribution in [3.05, 3.63) is 16.6 Å². The molecule has 0 aromatic carbocycles. The molecule has 1 aromatic rings. The number of rotatable bonds is 6. The van der Waals surface area contributed by atoms with Gasteiger partial charge in [-0.3, -0.25) is 4.90 Å². The molecule has 1 saturated heterocycles. The normalized spacial score (nSPS) is 22.3. The van der Waals surface area contributed by atoms with E-state index in [1.807, 2.05) is 5.51 Å². The Hall–Kier alpha value is -0.450. The first-order valence-corrected chi connectivity index (χ1v) is 8.11. The number of nitrogens with one attached hydrogen (secondary N) is 1. The van der Waals surface area contributed by atoms with Crippen LogP contribution >= 0.6 is 11.3 Å². The molecule has 2 unspecified atom stereocenters. The van der Waals surface area contributed by atoms with Gasteiger partial charge in [0.15, 0.2) is 0 Å². The van der Waals surface area contributed by atoms with Gasteiger partial charge >= 0.3 is 0 Å². The van der Waals surface area contributed by atoms with Crippen LogP contribution in [0.3, 0.4) is 0 Å². The highest BCUT2D eigenvalue weighted by molar-refractivity contribution is 7.07. The quantitative estimate of drug-likeness (QED) is 0.858. The number of piperidine rings is 1. The molecule has 0 bridgehead atoms. The first kappa shape index (κ1) is 14.0. The van der Waals surface area contributed by atoms with E-state index in [1.54, 1.807) is 11.3 Å². The van der Waals surface area contributed by atoms with Crippen LogP contribution in [-0.4, -0.2) is 35.6 Å². The van der Waals surface area contributed by atoms with Gasteiger partial charge in [-0.2, -0.15) is 0 Å². The molecule has 0 spiro atoms. The van der Waals surface area contributed by atoms with Gasteiger partial charge < -0.3 is 5.32 Å². The van der Waals surface area contributed by atoms with Crippen molar-refractivity contribution in [2.45, 2.75) is 51.6 Å². The van der Waals surface area contributed by atoms with E-state index in [2.05, 4.69) is 34.4 Å². The largest absolute Gasteiger partial charge is 0.313 e. The maximum Gasteiger partial charge on any atom is 0.0795 e. The van der Waals surface area contributed by atoms with Gasteiger partial charge in [0.25, 0.3) is 0 Å². The van der Waals surface area contributed by atoms with Gasteiger partial charge in [-0.25, -0.2) is 4.98 Å². The zero-order valence-electron chi connectivity index (χ0n) is 11.6. The fraction of sp³-hybridized carbons (Fsp3) is 0.786. The summed E-state index contributed by atoms with van der Waals surface area (Å²) >= 11 is 1.70. The molecule has 1 fully saturated rings. The molecule has 18 heavy (non-hydrogen) atoms.